The average molecular weight is 298 g/mol. The number of piperazine rings is 1. The van der Waals surface area contributed by atoms with Crippen molar-refractivity contribution in [3.63, 3.8) is 0 Å². The van der Waals surface area contributed by atoms with Crippen molar-refractivity contribution >= 4 is 11.8 Å². The molecule has 2 amide bonds. The molecule has 21 heavy (non-hydrogen) atoms. The van der Waals surface area contributed by atoms with Crippen LogP contribution in [0.1, 0.15) is 34.1 Å². The first kappa shape index (κ1) is 17.9. The largest absolute Gasteiger partial charge is 0.353 e. The number of carbonyl (C=O) groups is 2. The molecule has 122 valence electrons. The summed E-state index contributed by atoms with van der Waals surface area (Å²) < 4.78 is 0. The summed E-state index contributed by atoms with van der Waals surface area (Å²) in [5.41, 5.74) is 0. The molecule has 0 bridgehead atoms. The molecule has 2 N–H and O–H groups in total. The molecule has 0 aromatic carbocycles. The highest BCUT2D eigenvalue weighted by atomic mass is 16.2. The maximum Gasteiger partial charge on any atom is 0.234 e. The van der Waals surface area contributed by atoms with Crippen molar-refractivity contribution in [3.05, 3.63) is 0 Å². The van der Waals surface area contributed by atoms with Crippen molar-refractivity contribution in [2.24, 2.45) is 0 Å². The van der Waals surface area contributed by atoms with E-state index in [4.69, 9.17) is 0 Å². The zero-order chi connectivity index (χ0) is 15.8. The molecule has 1 rings (SSSR count). The molecule has 6 nitrogen and oxygen atoms in total. The van der Waals surface area contributed by atoms with Crippen molar-refractivity contribution in [1.29, 1.82) is 0 Å². The molecule has 0 saturated carbocycles. The maximum absolute atomic E-state index is 11.8. The van der Waals surface area contributed by atoms with E-state index in [1.54, 1.807) is 0 Å². The number of nitrogens with one attached hydrogen (secondary N) is 2. The Hall–Kier alpha value is -1.14. The minimum absolute atomic E-state index is 0.0768. The Balaban J connectivity index is 2.23. The second kappa shape index (κ2) is 9.00. The number of hydrogen-bond acceptors (Lipinski definition) is 4. The van der Waals surface area contributed by atoms with Gasteiger partial charge in [-0.25, -0.2) is 0 Å². The van der Waals surface area contributed by atoms with E-state index in [9.17, 15) is 9.59 Å². The van der Waals surface area contributed by atoms with E-state index in [0.717, 1.165) is 32.6 Å². The molecule has 1 fully saturated rings. The Morgan fingerprint density at radius 2 is 1.33 bits per heavy atom. The summed E-state index contributed by atoms with van der Waals surface area (Å²) in [4.78, 5) is 27.8. The molecule has 0 aromatic heterocycles. The predicted octanol–water partition coefficient (Wildman–Crippen LogP) is 0.0433. The maximum atomic E-state index is 11.8. The van der Waals surface area contributed by atoms with Crippen LogP contribution in [-0.4, -0.2) is 73.0 Å². The lowest BCUT2D eigenvalue weighted by molar-refractivity contribution is -0.125. The molecule has 0 aromatic rings. The highest BCUT2D eigenvalue weighted by Gasteiger charge is 2.20. The van der Waals surface area contributed by atoms with Crippen LogP contribution in [-0.2, 0) is 9.59 Å². The normalized spacial score (nSPS) is 18.5. The van der Waals surface area contributed by atoms with Gasteiger partial charge >= 0.3 is 0 Å². The Labute approximate surface area is 128 Å². The molecule has 1 heterocycles. The molecule has 1 saturated heterocycles. The van der Waals surface area contributed by atoms with E-state index in [1.807, 2.05) is 20.8 Å². The minimum atomic E-state index is 0.0768. The molecule has 0 spiro atoms. The van der Waals surface area contributed by atoms with Crippen molar-refractivity contribution in [3.8, 4) is 0 Å². The highest BCUT2D eigenvalue weighted by molar-refractivity contribution is 5.78. The second-order valence-corrected chi connectivity index (χ2v) is 6.15. The number of carbonyl (C=O) groups excluding carboxylic acids is 2. The van der Waals surface area contributed by atoms with Gasteiger partial charge in [-0.1, -0.05) is 6.92 Å². The fourth-order valence-corrected chi connectivity index (χ4v) is 2.30. The summed E-state index contributed by atoms with van der Waals surface area (Å²) in [6.45, 7) is 12.3. The summed E-state index contributed by atoms with van der Waals surface area (Å²) in [6.07, 6.45) is 0.949. The standard InChI is InChI=1S/C15H30N4O2/c1-5-13(4)17-15(21)11-19-8-6-18(7-9-19)10-14(20)16-12(2)3/h12-13H,5-11H2,1-4H3,(H,16,20)(H,17,21). The fourth-order valence-electron chi connectivity index (χ4n) is 2.30. The van der Waals surface area contributed by atoms with Gasteiger partial charge in [0.05, 0.1) is 13.1 Å². The van der Waals surface area contributed by atoms with Gasteiger partial charge in [-0.3, -0.25) is 19.4 Å². The van der Waals surface area contributed by atoms with Crippen LogP contribution in [0.5, 0.6) is 0 Å². The van der Waals surface area contributed by atoms with Crippen LogP contribution in [0.4, 0.5) is 0 Å². The van der Waals surface area contributed by atoms with Crippen molar-refractivity contribution < 1.29 is 9.59 Å². The van der Waals surface area contributed by atoms with Gasteiger partial charge in [0.25, 0.3) is 0 Å². The van der Waals surface area contributed by atoms with Gasteiger partial charge in [-0.05, 0) is 27.2 Å². The van der Waals surface area contributed by atoms with Crippen LogP contribution in [0.15, 0.2) is 0 Å². The van der Waals surface area contributed by atoms with Crippen molar-refractivity contribution in [2.45, 2.75) is 46.2 Å². The topological polar surface area (TPSA) is 64.7 Å². The molecular formula is C15H30N4O2. The van der Waals surface area contributed by atoms with Crippen LogP contribution in [0.2, 0.25) is 0 Å². The molecule has 0 radical (unpaired) electrons. The third-order valence-corrected chi connectivity index (χ3v) is 3.67. The number of amides is 2. The van der Waals surface area contributed by atoms with Crippen LogP contribution in [0.25, 0.3) is 0 Å². The van der Waals surface area contributed by atoms with Gasteiger partial charge in [-0.2, -0.15) is 0 Å². The fraction of sp³-hybridized carbons (Fsp3) is 0.867. The first-order chi connectivity index (χ1) is 9.90. The van der Waals surface area contributed by atoms with Gasteiger partial charge in [-0.15, -0.1) is 0 Å². The zero-order valence-corrected chi connectivity index (χ0v) is 13.8. The van der Waals surface area contributed by atoms with E-state index in [1.165, 1.54) is 0 Å². The van der Waals surface area contributed by atoms with Gasteiger partial charge in [0.2, 0.25) is 11.8 Å². The molecule has 0 aliphatic carbocycles. The monoisotopic (exact) mass is 298 g/mol. The quantitative estimate of drug-likeness (QED) is 0.697. The molecule has 1 aliphatic heterocycles. The van der Waals surface area contributed by atoms with Gasteiger partial charge in [0.1, 0.15) is 0 Å². The first-order valence-corrected chi connectivity index (χ1v) is 7.94. The smallest absolute Gasteiger partial charge is 0.234 e. The summed E-state index contributed by atoms with van der Waals surface area (Å²) in [7, 11) is 0. The van der Waals surface area contributed by atoms with Crippen LogP contribution in [0, 0.1) is 0 Å². The van der Waals surface area contributed by atoms with E-state index < -0.39 is 0 Å². The Morgan fingerprint density at radius 3 is 1.71 bits per heavy atom. The summed E-state index contributed by atoms with van der Waals surface area (Å²) in [6, 6.07) is 0.418. The summed E-state index contributed by atoms with van der Waals surface area (Å²) >= 11 is 0. The lowest BCUT2D eigenvalue weighted by Crippen LogP contribution is -2.52. The average Bonchev–Trinajstić information content (AvgIpc) is 2.39. The van der Waals surface area contributed by atoms with Crippen LogP contribution >= 0.6 is 0 Å². The summed E-state index contributed by atoms with van der Waals surface area (Å²) in [5, 5.41) is 5.89. The van der Waals surface area contributed by atoms with Gasteiger partial charge in [0, 0.05) is 38.3 Å². The third kappa shape index (κ3) is 7.43. The molecule has 6 heteroatoms. The minimum Gasteiger partial charge on any atom is -0.353 e. The van der Waals surface area contributed by atoms with Crippen LogP contribution in [0.3, 0.4) is 0 Å². The molecule has 1 unspecified atom stereocenters. The van der Waals surface area contributed by atoms with Crippen molar-refractivity contribution in [2.75, 3.05) is 39.3 Å². The molecular weight excluding hydrogens is 268 g/mol. The Bertz CT molecular complexity index is 339. The summed E-state index contributed by atoms with van der Waals surface area (Å²) in [5.74, 6) is 0.170. The van der Waals surface area contributed by atoms with Gasteiger partial charge < -0.3 is 10.6 Å². The van der Waals surface area contributed by atoms with Gasteiger partial charge in [0.15, 0.2) is 0 Å². The predicted molar refractivity (Wildman–Crippen MR) is 84.1 cm³/mol. The number of hydrogen-bond donors (Lipinski definition) is 2. The number of nitrogens with zero attached hydrogens (tertiary/aromatic N) is 2. The third-order valence-electron chi connectivity index (χ3n) is 3.67. The first-order valence-electron chi connectivity index (χ1n) is 7.94. The number of rotatable bonds is 7. The molecule has 1 aliphatic rings. The lowest BCUT2D eigenvalue weighted by atomic mass is 10.2. The van der Waals surface area contributed by atoms with E-state index >= 15 is 0 Å². The Morgan fingerprint density at radius 1 is 0.905 bits per heavy atom. The lowest BCUT2D eigenvalue weighted by Gasteiger charge is -2.34. The van der Waals surface area contributed by atoms with E-state index in [0.29, 0.717) is 13.1 Å². The van der Waals surface area contributed by atoms with E-state index in [2.05, 4.69) is 27.4 Å². The Kier molecular flexibility index (Phi) is 7.67. The highest BCUT2D eigenvalue weighted by Crippen LogP contribution is 2.01. The van der Waals surface area contributed by atoms with E-state index in [-0.39, 0.29) is 23.9 Å². The zero-order valence-electron chi connectivity index (χ0n) is 13.8. The van der Waals surface area contributed by atoms with Crippen LogP contribution < -0.4 is 10.6 Å². The van der Waals surface area contributed by atoms with Crippen molar-refractivity contribution in [1.82, 2.24) is 20.4 Å². The second-order valence-electron chi connectivity index (χ2n) is 6.15. The molecule has 1 atom stereocenters. The SMILES string of the molecule is CCC(C)NC(=O)CN1CCN(CC(=O)NC(C)C)CC1.